The number of carbonyl (C=O) groups excluding carboxylic acids is 2. The molecule has 0 unspecified atom stereocenters. The highest BCUT2D eigenvalue weighted by molar-refractivity contribution is 6.35. The quantitative estimate of drug-likeness (QED) is 0.815. The van der Waals surface area contributed by atoms with E-state index in [2.05, 4.69) is 5.32 Å². The van der Waals surface area contributed by atoms with Crippen molar-refractivity contribution in [2.45, 2.75) is 38.8 Å². The fraction of sp³-hybridized carbons (Fsp3) is 0.412. The lowest BCUT2D eigenvalue weighted by atomic mass is 9.94. The van der Waals surface area contributed by atoms with E-state index >= 15 is 0 Å². The molecule has 0 aromatic heterocycles. The minimum Gasteiger partial charge on any atom is -0.463 e. The van der Waals surface area contributed by atoms with Gasteiger partial charge in [0.2, 0.25) is 0 Å². The molecule has 1 aliphatic carbocycles. The Morgan fingerprint density at radius 1 is 1.38 bits per heavy atom. The largest absolute Gasteiger partial charge is 0.463 e. The van der Waals surface area contributed by atoms with Crippen LogP contribution in [-0.4, -0.2) is 29.5 Å². The summed E-state index contributed by atoms with van der Waals surface area (Å²) in [6.07, 6.45) is 1.88. The van der Waals surface area contributed by atoms with Crippen LogP contribution in [0.15, 0.2) is 29.5 Å². The molecule has 2 aliphatic rings. The average molecular weight is 369 g/mol. The maximum Gasteiger partial charge on any atom is 0.338 e. The third-order valence-corrected chi connectivity index (χ3v) is 4.77. The zero-order valence-electron chi connectivity index (χ0n) is 13.4. The minimum atomic E-state index is -0.656. The van der Waals surface area contributed by atoms with Gasteiger partial charge < -0.3 is 10.1 Å². The van der Waals surface area contributed by atoms with Crippen molar-refractivity contribution in [3.05, 3.63) is 45.1 Å². The molecule has 2 amide bonds. The van der Waals surface area contributed by atoms with E-state index in [0.717, 1.165) is 12.8 Å². The monoisotopic (exact) mass is 368 g/mol. The Balaban J connectivity index is 2.09. The van der Waals surface area contributed by atoms with Crippen molar-refractivity contribution < 1.29 is 14.3 Å². The standard InChI is InChI=1S/C17H18Cl2N2O3/c1-3-24-16(22)14-9(2)21(11-5-6-11)17(23)20-15(14)12-7-4-10(18)8-13(12)19/h4,7-8,11,15H,3,5-6H2,1-2H3,(H,20,23)/t15-/m1/s1. The normalized spacial score (nSPS) is 20.9. The molecule has 1 aromatic rings. The van der Waals surface area contributed by atoms with Crippen molar-refractivity contribution in [3.8, 4) is 0 Å². The predicted octanol–water partition coefficient (Wildman–Crippen LogP) is 4.06. The number of esters is 1. The van der Waals surface area contributed by atoms with Gasteiger partial charge >= 0.3 is 12.0 Å². The topological polar surface area (TPSA) is 58.6 Å². The third kappa shape index (κ3) is 3.10. The van der Waals surface area contributed by atoms with Crippen molar-refractivity contribution in [1.82, 2.24) is 10.2 Å². The van der Waals surface area contributed by atoms with Crippen molar-refractivity contribution in [2.24, 2.45) is 0 Å². The highest BCUT2D eigenvalue weighted by atomic mass is 35.5. The van der Waals surface area contributed by atoms with Crippen LogP contribution in [0.25, 0.3) is 0 Å². The number of halogens is 2. The van der Waals surface area contributed by atoms with E-state index in [1.165, 1.54) is 0 Å². The second-order valence-electron chi connectivity index (χ2n) is 5.87. The number of allylic oxidation sites excluding steroid dienone is 1. The molecule has 1 fully saturated rings. The first-order chi connectivity index (χ1) is 11.4. The van der Waals surface area contributed by atoms with E-state index in [1.54, 1.807) is 36.9 Å². The SMILES string of the molecule is CCOC(=O)C1=C(C)N(C2CC2)C(=O)N[C@@H]1c1ccc(Cl)cc1Cl. The molecule has 1 saturated carbocycles. The highest BCUT2D eigenvalue weighted by Crippen LogP contribution is 2.39. The molecule has 1 atom stereocenters. The number of amides is 2. The molecule has 1 aromatic carbocycles. The lowest BCUT2D eigenvalue weighted by Crippen LogP contribution is -2.49. The van der Waals surface area contributed by atoms with E-state index in [0.29, 0.717) is 26.9 Å². The van der Waals surface area contributed by atoms with E-state index in [1.807, 2.05) is 0 Å². The van der Waals surface area contributed by atoms with Crippen molar-refractivity contribution >= 4 is 35.2 Å². The summed E-state index contributed by atoms with van der Waals surface area (Å²) in [5.41, 5.74) is 1.65. The second-order valence-corrected chi connectivity index (χ2v) is 6.71. The van der Waals surface area contributed by atoms with Gasteiger partial charge in [0.05, 0.1) is 18.2 Å². The highest BCUT2D eigenvalue weighted by Gasteiger charge is 2.42. The van der Waals surface area contributed by atoms with Gasteiger partial charge in [-0.3, -0.25) is 4.90 Å². The first kappa shape index (κ1) is 17.1. The van der Waals surface area contributed by atoms with E-state index in [4.69, 9.17) is 27.9 Å². The van der Waals surface area contributed by atoms with Crippen molar-refractivity contribution in [2.75, 3.05) is 6.61 Å². The Hall–Kier alpha value is -1.72. The predicted molar refractivity (Wildman–Crippen MR) is 91.9 cm³/mol. The average Bonchev–Trinajstić information content (AvgIpc) is 3.31. The van der Waals surface area contributed by atoms with Gasteiger partial charge in [-0.05, 0) is 44.4 Å². The molecule has 0 spiro atoms. The molecule has 7 heteroatoms. The second kappa shape index (κ2) is 6.65. The Bertz CT molecular complexity index is 729. The molecule has 1 aliphatic heterocycles. The molecule has 1 heterocycles. The molecule has 3 rings (SSSR count). The van der Waals surface area contributed by atoms with Crippen LogP contribution in [0.3, 0.4) is 0 Å². The molecular formula is C17H18Cl2N2O3. The van der Waals surface area contributed by atoms with E-state index in [-0.39, 0.29) is 18.7 Å². The van der Waals surface area contributed by atoms with E-state index < -0.39 is 12.0 Å². The van der Waals surface area contributed by atoms with Crippen LogP contribution in [0, 0.1) is 0 Å². The number of benzene rings is 1. The van der Waals surface area contributed by atoms with Gasteiger partial charge in [0.15, 0.2) is 0 Å². The number of nitrogens with one attached hydrogen (secondary N) is 1. The van der Waals surface area contributed by atoms with Gasteiger partial charge in [0.1, 0.15) is 0 Å². The number of nitrogens with zero attached hydrogens (tertiary/aromatic N) is 1. The Labute approximate surface area is 150 Å². The van der Waals surface area contributed by atoms with Crippen LogP contribution in [0.5, 0.6) is 0 Å². The summed E-state index contributed by atoms with van der Waals surface area (Å²) in [6.45, 7) is 3.78. The van der Waals surface area contributed by atoms with Crippen LogP contribution >= 0.6 is 23.2 Å². The summed E-state index contributed by atoms with van der Waals surface area (Å²) in [5.74, 6) is -0.448. The number of rotatable bonds is 4. The van der Waals surface area contributed by atoms with Gasteiger partial charge in [-0.1, -0.05) is 29.3 Å². The molecule has 24 heavy (non-hydrogen) atoms. The fourth-order valence-corrected chi connectivity index (χ4v) is 3.49. The molecule has 0 saturated heterocycles. The number of ether oxygens (including phenoxy) is 1. The summed E-state index contributed by atoms with van der Waals surface area (Å²) < 4.78 is 5.21. The molecule has 5 nitrogen and oxygen atoms in total. The van der Waals surface area contributed by atoms with Gasteiger partial charge in [0.25, 0.3) is 0 Å². The number of hydrogen-bond donors (Lipinski definition) is 1. The van der Waals surface area contributed by atoms with Crippen LogP contribution in [0.2, 0.25) is 10.0 Å². The van der Waals surface area contributed by atoms with Gasteiger partial charge in [-0.25, -0.2) is 9.59 Å². The summed E-state index contributed by atoms with van der Waals surface area (Å²) in [7, 11) is 0. The number of urea groups is 1. The maximum atomic E-state index is 12.5. The smallest absolute Gasteiger partial charge is 0.338 e. The van der Waals surface area contributed by atoms with Crippen LogP contribution in [0.1, 0.15) is 38.3 Å². The Kier molecular flexibility index (Phi) is 4.74. The zero-order chi connectivity index (χ0) is 17.4. The fourth-order valence-electron chi connectivity index (χ4n) is 2.97. The zero-order valence-corrected chi connectivity index (χ0v) is 14.9. The van der Waals surface area contributed by atoms with Crippen molar-refractivity contribution in [3.63, 3.8) is 0 Å². The first-order valence-corrected chi connectivity index (χ1v) is 8.62. The molecule has 0 bridgehead atoms. The van der Waals surface area contributed by atoms with Crippen LogP contribution < -0.4 is 5.32 Å². The van der Waals surface area contributed by atoms with Gasteiger partial charge in [-0.15, -0.1) is 0 Å². The maximum absolute atomic E-state index is 12.5. The summed E-state index contributed by atoms with van der Waals surface area (Å²) in [5, 5.41) is 3.77. The lowest BCUT2D eigenvalue weighted by molar-refractivity contribution is -0.139. The molecular weight excluding hydrogens is 351 g/mol. The molecule has 1 N–H and O–H groups in total. The van der Waals surface area contributed by atoms with Gasteiger partial charge in [-0.2, -0.15) is 0 Å². The summed E-state index contributed by atoms with van der Waals surface area (Å²) in [6, 6.07) is 4.26. The summed E-state index contributed by atoms with van der Waals surface area (Å²) in [4.78, 5) is 26.7. The lowest BCUT2D eigenvalue weighted by Gasteiger charge is -2.35. The van der Waals surface area contributed by atoms with Crippen molar-refractivity contribution in [1.29, 1.82) is 0 Å². The van der Waals surface area contributed by atoms with E-state index in [9.17, 15) is 9.59 Å². The number of hydrogen-bond acceptors (Lipinski definition) is 3. The third-order valence-electron chi connectivity index (χ3n) is 4.21. The van der Waals surface area contributed by atoms with Gasteiger partial charge in [0, 0.05) is 21.8 Å². The van der Waals surface area contributed by atoms with Crippen LogP contribution in [0.4, 0.5) is 4.79 Å². The Morgan fingerprint density at radius 3 is 2.67 bits per heavy atom. The number of carbonyl (C=O) groups is 2. The first-order valence-electron chi connectivity index (χ1n) is 7.86. The molecule has 128 valence electrons. The molecule has 0 radical (unpaired) electrons. The van der Waals surface area contributed by atoms with Crippen LogP contribution in [-0.2, 0) is 9.53 Å². The Morgan fingerprint density at radius 2 is 2.08 bits per heavy atom. The summed E-state index contributed by atoms with van der Waals surface area (Å²) >= 11 is 12.2. The minimum absolute atomic E-state index is 0.149.